The number of nitrogens with zero attached hydrogens (tertiary/aromatic N) is 4. The molecule has 186 valence electrons. The van der Waals surface area contributed by atoms with Crippen LogP contribution in [-0.4, -0.2) is 76.5 Å². The van der Waals surface area contributed by atoms with Crippen molar-refractivity contribution in [3.8, 4) is 0 Å². The Kier molecular flexibility index (Phi) is 7.66. The predicted octanol–water partition coefficient (Wildman–Crippen LogP) is 2.91. The average Bonchev–Trinajstić information content (AvgIpc) is 2.84. The maximum Gasteiger partial charge on any atom is 0.293 e. The topological polar surface area (TPSA) is 99.0 Å². The number of anilines is 1. The third kappa shape index (κ3) is 5.96. The van der Waals surface area contributed by atoms with Crippen molar-refractivity contribution in [2.75, 3.05) is 58.3 Å². The number of likely N-dealkylation sites (N-methyl/N-ethyl adjacent to an activating group) is 1. The summed E-state index contributed by atoms with van der Waals surface area (Å²) in [6, 6.07) is 18.8. The summed E-state index contributed by atoms with van der Waals surface area (Å²) in [6.45, 7) is 4.33. The Morgan fingerprint density at radius 2 is 1.71 bits per heavy atom. The van der Waals surface area contributed by atoms with E-state index in [9.17, 15) is 18.5 Å². The van der Waals surface area contributed by atoms with Crippen LogP contribution in [0.25, 0.3) is 10.8 Å². The molecule has 0 aromatic heterocycles. The van der Waals surface area contributed by atoms with E-state index in [1.54, 1.807) is 6.07 Å². The van der Waals surface area contributed by atoms with E-state index in [0.717, 1.165) is 25.7 Å². The monoisotopic (exact) mass is 497 g/mol. The van der Waals surface area contributed by atoms with Crippen molar-refractivity contribution >= 4 is 32.2 Å². The Bertz CT molecular complexity index is 1300. The average molecular weight is 498 g/mol. The molecule has 4 rings (SSSR count). The van der Waals surface area contributed by atoms with Gasteiger partial charge in [0.25, 0.3) is 5.69 Å². The molecule has 3 aromatic carbocycles. The molecule has 1 aliphatic heterocycles. The maximum atomic E-state index is 12.6. The SMILES string of the molecule is CN(C)CCNS(=O)(=O)c1ccc(N2CCN(Cc3cccc4ccccc34)CC2)c([N+](=O)[O-])c1. The number of fused-ring (bicyclic) bond motifs is 1. The largest absolute Gasteiger partial charge is 0.363 e. The first-order valence-corrected chi connectivity index (χ1v) is 13.1. The van der Waals surface area contributed by atoms with Gasteiger partial charge in [0.15, 0.2) is 0 Å². The van der Waals surface area contributed by atoms with Crippen molar-refractivity contribution in [1.29, 1.82) is 0 Å². The molecule has 0 aliphatic carbocycles. The number of benzene rings is 3. The summed E-state index contributed by atoms with van der Waals surface area (Å²) in [5, 5.41) is 14.3. The van der Waals surface area contributed by atoms with Crippen LogP contribution in [0.5, 0.6) is 0 Å². The minimum atomic E-state index is -3.83. The van der Waals surface area contributed by atoms with Crippen molar-refractivity contribution in [1.82, 2.24) is 14.5 Å². The van der Waals surface area contributed by atoms with E-state index in [0.29, 0.717) is 25.3 Å². The van der Waals surface area contributed by atoms with Gasteiger partial charge in [0, 0.05) is 51.9 Å². The molecule has 9 nitrogen and oxygen atoms in total. The van der Waals surface area contributed by atoms with Crippen molar-refractivity contribution in [2.24, 2.45) is 0 Å². The van der Waals surface area contributed by atoms with Gasteiger partial charge in [-0.25, -0.2) is 13.1 Å². The van der Waals surface area contributed by atoms with Crippen LogP contribution in [0.15, 0.2) is 65.6 Å². The smallest absolute Gasteiger partial charge is 0.293 e. The Morgan fingerprint density at radius 3 is 2.43 bits per heavy atom. The molecule has 1 heterocycles. The first-order chi connectivity index (χ1) is 16.7. The lowest BCUT2D eigenvalue weighted by Crippen LogP contribution is -2.46. The zero-order chi connectivity index (χ0) is 25.0. The molecule has 0 spiro atoms. The van der Waals surface area contributed by atoms with Gasteiger partial charge in [-0.1, -0.05) is 42.5 Å². The van der Waals surface area contributed by atoms with Crippen molar-refractivity contribution in [2.45, 2.75) is 11.4 Å². The highest BCUT2D eigenvalue weighted by atomic mass is 32.2. The number of hydrogen-bond acceptors (Lipinski definition) is 7. The van der Waals surface area contributed by atoms with Gasteiger partial charge < -0.3 is 9.80 Å². The molecule has 1 aliphatic rings. The van der Waals surface area contributed by atoms with E-state index < -0.39 is 14.9 Å². The highest BCUT2D eigenvalue weighted by Crippen LogP contribution is 2.32. The molecule has 0 saturated carbocycles. The van der Waals surface area contributed by atoms with E-state index in [1.165, 1.54) is 22.4 Å². The fourth-order valence-corrected chi connectivity index (χ4v) is 5.43. The van der Waals surface area contributed by atoms with Crippen LogP contribution < -0.4 is 9.62 Å². The molecule has 0 unspecified atom stereocenters. The second-order valence-corrected chi connectivity index (χ2v) is 10.8. The van der Waals surface area contributed by atoms with Gasteiger partial charge in [-0.3, -0.25) is 15.0 Å². The molecule has 1 fully saturated rings. The van der Waals surface area contributed by atoms with E-state index in [2.05, 4.69) is 40.0 Å². The van der Waals surface area contributed by atoms with E-state index in [1.807, 2.05) is 36.0 Å². The molecule has 3 aromatic rings. The number of nitro benzene ring substituents is 1. The second-order valence-electron chi connectivity index (χ2n) is 9.01. The van der Waals surface area contributed by atoms with E-state index in [4.69, 9.17) is 0 Å². The van der Waals surface area contributed by atoms with Crippen LogP contribution in [0.4, 0.5) is 11.4 Å². The van der Waals surface area contributed by atoms with Crippen LogP contribution in [0, 0.1) is 10.1 Å². The second kappa shape index (κ2) is 10.7. The molecule has 0 radical (unpaired) electrons. The van der Waals surface area contributed by atoms with Crippen LogP contribution in [0.1, 0.15) is 5.56 Å². The maximum absolute atomic E-state index is 12.6. The molecule has 1 saturated heterocycles. The summed E-state index contributed by atoms with van der Waals surface area (Å²) < 4.78 is 27.7. The van der Waals surface area contributed by atoms with Gasteiger partial charge in [-0.15, -0.1) is 0 Å². The zero-order valence-corrected chi connectivity index (χ0v) is 20.9. The number of nitro groups is 1. The van der Waals surface area contributed by atoms with Gasteiger partial charge in [0.2, 0.25) is 10.0 Å². The van der Waals surface area contributed by atoms with E-state index >= 15 is 0 Å². The van der Waals surface area contributed by atoms with Crippen LogP contribution in [0.2, 0.25) is 0 Å². The summed E-state index contributed by atoms with van der Waals surface area (Å²) in [4.78, 5) is 17.4. The molecular formula is C25H31N5O4S. The first-order valence-electron chi connectivity index (χ1n) is 11.6. The highest BCUT2D eigenvalue weighted by molar-refractivity contribution is 7.89. The Hall–Kier alpha value is -3.05. The molecule has 0 bridgehead atoms. The van der Waals surface area contributed by atoms with Gasteiger partial charge in [0.1, 0.15) is 5.69 Å². The zero-order valence-electron chi connectivity index (χ0n) is 20.1. The van der Waals surface area contributed by atoms with E-state index in [-0.39, 0.29) is 17.1 Å². The third-order valence-electron chi connectivity index (χ3n) is 6.29. The van der Waals surface area contributed by atoms with Crippen LogP contribution in [-0.2, 0) is 16.6 Å². The fraction of sp³-hybridized carbons (Fsp3) is 0.360. The Labute approximate surface area is 206 Å². The summed E-state index contributed by atoms with van der Waals surface area (Å²) >= 11 is 0. The minimum absolute atomic E-state index is 0.0960. The number of hydrogen-bond donors (Lipinski definition) is 1. The highest BCUT2D eigenvalue weighted by Gasteiger charge is 2.27. The molecule has 1 N–H and O–H groups in total. The summed E-state index contributed by atoms with van der Waals surface area (Å²) in [5.41, 5.74) is 1.52. The van der Waals surface area contributed by atoms with Crippen molar-refractivity contribution in [3.05, 3.63) is 76.3 Å². The number of piperazine rings is 1. The third-order valence-corrected chi connectivity index (χ3v) is 7.75. The Morgan fingerprint density at radius 1 is 1.00 bits per heavy atom. The van der Waals surface area contributed by atoms with Gasteiger partial charge in [-0.2, -0.15) is 0 Å². The molecule has 10 heteroatoms. The van der Waals surface area contributed by atoms with Crippen LogP contribution >= 0.6 is 0 Å². The first kappa shape index (κ1) is 25.1. The minimum Gasteiger partial charge on any atom is -0.363 e. The summed E-state index contributed by atoms with van der Waals surface area (Å²) in [5.74, 6) is 0. The molecular weight excluding hydrogens is 466 g/mol. The lowest BCUT2D eigenvalue weighted by atomic mass is 10.0. The van der Waals surface area contributed by atoms with Gasteiger partial charge in [-0.05, 0) is 42.6 Å². The molecule has 0 amide bonds. The summed E-state index contributed by atoms with van der Waals surface area (Å²) in [7, 11) is -0.143. The number of nitrogens with one attached hydrogen (secondary N) is 1. The molecule has 35 heavy (non-hydrogen) atoms. The van der Waals surface area contributed by atoms with Crippen molar-refractivity contribution < 1.29 is 13.3 Å². The van der Waals surface area contributed by atoms with Crippen molar-refractivity contribution in [3.63, 3.8) is 0 Å². The van der Waals surface area contributed by atoms with Crippen LogP contribution in [0.3, 0.4) is 0 Å². The quantitative estimate of drug-likeness (QED) is 0.358. The van der Waals surface area contributed by atoms with Gasteiger partial charge in [0.05, 0.1) is 9.82 Å². The number of rotatable bonds is 9. The standard InChI is InChI=1S/C25H31N5O4S/c1-27(2)13-12-26-35(33,34)22-10-11-24(25(18-22)30(31)32)29-16-14-28(15-17-29)19-21-8-5-7-20-6-3-4-9-23(20)21/h3-11,18,26H,12-17,19H2,1-2H3. The lowest BCUT2D eigenvalue weighted by molar-refractivity contribution is -0.384. The summed E-state index contributed by atoms with van der Waals surface area (Å²) in [6.07, 6.45) is 0. The molecule has 0 atom stereocenters. The fourth-order valence-electron chi connectivity index (χ4n) is 4.39. The predicted molar refractivity (Wildman–Crippen MR) is 138 cm³/mol. The lowest BCUT2D eigenvalue weighted by Gasteiger charge is -2.36. The number of sulfonamides is 1. The Balaban J connectivity index is 1.45. The normalized spacial score (nSPS) is 15.1. The van der Waals surface area contributed by atoms with Gasteiger partial charge >= 0.3 is 0 Å².